The molecule has 1 unspecified atom stereocenters. The van der Waals surface area contributed by atoms with Gasteiger partial charge in [-0.15, -0.1) is 21.5 Å². The predicted octanol–water partition coefficient (Wildman–Crippen LogP) is 2.68. The summed E-state index contributed by atoms with van der Waals surface area (Å²) in [5, 5.41) is 13.3. The van der Waals surface area contributed by atoms with E-state index < -0.39 is 0 Å². The number of nitrogens with one attached hydrogen (secondary N) is 1. The first-order chi connectivity index (χ1) is 7.79. The molecular weight excluding hydrogens is 222 g/mol. The highest BCUT2D eigenvalue weighted by Crippen LogP contribution is 2.21. The average molecular weight is 237 g/mol. The van der Waals surface area contributed by atoms with E-state index in [1.807, 2.05) is 0 Å². The van der Waals surface area contributed by atoms with E-state index in [0.29, 0.717) is 24.4 Å². The molecule has 1 atom stereocenters. The molecule has 0 spiro atoms. The summed E-state index contributed by atoms with van der Waals surface area (Å²) in [5.74, 6) is 1.26. The molecule has 1 N–H and O–H groups in total. The summed E-state index contributed by atoms with van der Waals surface area (Å²) < 4.78 is 5.31. The van der Waals surface area contributed by atoms with Crippen LogP contribution in [-0.2, 0) is 6.54 Å². The standard InChI is InChI=1S/C11H15N3OS/c1-3-9(10-5-4-6-16-10)12-7-11-14-13-8(2)15-11/h4-6,9,12H,3,7H2,1-2H3. The SMILES string of the molecule is CCC(NCc1nnc(C)o1)c1cccs1. The molecule has 0 aromatic carbocycles. The molecule has 0 aliphatic heterocycles. The van der Waals surface area contributed by atoms with Gasteiger partial charge in [-0.25, -0.2) is 0 Å². The van der Waals surface area contributed by atoms with Crippen LogP contribution in [0.5, 0.6) is 0 Å². The van der Waals surface area contributed by atoms with Gasteiger partial charge in [-0.3, -0.25) is 0 Å². The molecule has 16 heavy (non-hydrogen) atoms. The van der Waals surface area contributed by atoms with Crippen molar-refractivity contribution in [2.75, 3.05) is 0 Å². The van der Waals surface area contributed by atoms with Crippen LogP contribution in [-0.4, -0.2) is 10.2 Å². The first-order valence-corrected chi connectivity index (χ1v) is 6.23. The Morgan fingerprint density at radius 2 is 2.38 bits per heavy atom. The van der Waals surface area contributed by atoms with Gasteiger partial charge >= 0.3 is 0 Å². The lowest BCUT2D eigenvalue weighted by atomic mass is 10.2. The molecule has 0 saturated carbocycles. The Hall–Kier alpha value is -1.20. The molecule has 4 nitrogen and oxygen atoms in total. The molecule has 2 aromatic rings. The van der Waals surface area contributed by atoms with Crippen LogP contribution < -0.4 is 5.32 Å². The summed E-state index contributed by atoms with van der Waals surface area (Å²) in [6.45, 7) is 4.58. The average Bonchev–Trinajstić information content (AvgIpc) is 2.91. The van der Waals surface area contributed by atoms with Gasteiger partial charge in [0.1, 0.15) is 0 Å². The molecule has 2 rings (SSSR count). The number of hydrogen-bond acceptors (Lipinski definition) is 5. The van der Waals surface area contributed by atoms with Crippen molar-refractivity contribution in [3.05, 3.63) is 34.2 Å². The quantitative estimate of drug-likeness (QED) is 0.868. The lowest BCUT2D eigenvalue weighted by molar-refractivity contribution is 0.421. The number of thiophene rings is 1. The van der Waals surface area contributed by atoms with Gasteiger partial charge in [-0.1, -0.05) is 13.0 Å². The molecule has 2 aromatic heterocycles. The van der Waals surface area contributed by atoms with Crippen molar-refractivity contribution in [1.29, 1.82) is 0 Å². The normalized spacial score (nSPS) is 12.9. The van der Waals surface area contributed by atoms with Crippen molar-refractivity contribution in [1.82, 2.24) is 15.5 Å². The Labute approximate surface area is 98.7 Å². The van der Waals surface area contributed by atoms with Gasteiger partial charge in [0.05, 0.1) is 6.54 Å². The zero-order valence-electron chi connectivity index (χ0n) is 9.43. The van der Waals surface area contributed by atoms with Crippen LogP contribution >= 0.6 is 11.3 Å². The molecule has 0 bridgehead atoms. The minimum absolute atomic E-state index is 0.368. The van der Waals surface area contributed by atoms with Gasteiger partial charge in [0.2, 0.25) is 11.8 Å². The fourth-order valence-electron chi connectivity index (χ4n) is 1.56. The fourth-order valence-corrected chi connectivity index (χ4v) is 2.44. The lowest BCUT2D eigenvalue weighted by Gasteiger charge is -2.13. The second-order valence-corrected chi connectivity index (χ2v) is 4.55. The third-order valence-electron chi connectivity index (χ3n) is 2.36. The summed E-state index contributed by atoms with van der Waals surface area (Å²) in [6.07, 6.45) is 1.05. The highest BCUT2D eigenvalue weighted by atomic mass is 32.1. The second kappa shape index (κ2) is 5.23. The predicted molar refractivity (Wildman–Crippen MR) is 63.2 cm³/mol. The molecule has 0 saturated heterocycles. The minimum atomic E-state index is 0.368. The van der Waals surface area contributed by atoms with Crippen molar-refractivity contribution < 1.29 is 4.42 Å². The Morgan fingerprint density at radius 3 is 2.94 bits per heavy atom. The van der Waals surface area contributed by atoms with Gasteiger partial charge < -0.3 is 9.73 Å². The van der Waals surface area contributed by atoms with E-state index >= 15 is 0 Å². The Kier molecular flexibility index (Phi) is 3.69. The van der Waals surface area contributed by atoms with E-state index in [1.54, 1.807) is 18.3 Å². The molecule has 0 radical (unpaired) electrons. The zero-order chi connectivity index (χ0) is 11.4. The third-order valence-corrected chi connectivity index (χ3v) is 3.35. The Balaban J connectivity index is 1.93. The number of rotatable bonds is 5. The summed E-state index contributed by atoms with van der Waals surface area (Å²) in [7, 11) is 0. The van der Waals surface area contributed by atoms with E-state index in [-0.39, 0.29) is 0 Å². The number of hydrogen-bond donors (Lipinski definition) is 1. The van der Waals surface area contributed by atoms with Crippen LogP contribution in [0.1, 0.15) is 36.0 Å². The molecular formula is C11H15N3OS. The summed E-state index contributed by atoms with van der Waals surface area (Å²) in [6, 6.07) is 4.58. The lowest BCUT2D eigenvalue weighted by Crippen LogP contribution is -2.19. The smallest absolute Gasteiger partial charge is 0.230 e. The Morgan fingerprint density at radius 1 is 1.50 bits per heavy atom. The van der Waals surface area contributed by atoms with Crippen LogP contribution in [0, 0.1) is 6.92 Å². The zero-order valence-corrected chi connectivity index (χ0v) is 10.3. The number of nitrogens with zero attached hydrogens (tertiary/aromatic N) is 2. The third kappa shape index (κ3) is 2.68. The van der Waals surface area contributed by atoms with Gasteiger partial charge in [0, 0.05) is 17.8 Å². The molecule has 2 heterocycles. The van der Waals surface area contributed by atoms with Crippen molar-refractivity contribution in [3.63, 3.8) is 0 Å². The van der Waals surface area contributed by atoms with Crippen LogP contribution in [0.15, 0.2) is 21.9 Å². The first kappa shape index (κ1) is 11.3. The van der Waals surface area contributed by atoms with Gasteiger partial charge in [0.15, 0.2) is 0 Å². The van der Waals surface area contributed by atoms with E-state index in [9.17, 15) is 0 Å². The van der Waals surface area contributed by atoms with E-state index in [2.05, 4.69) is 40.0 Å². The van der Waals surface area contributed by atoms with E-state index in [4.69, 9.17) is 4.42 Å². The molecule has 86 valence electrons. The van der Waals surface area contributed by atoms with Crippen LogP contribution in [0.4, 0.5) is 0 Å². The topological polar surface area (TPSA) is 51.0 Å². The molecule has 0 fully saturated rings. The summed E-state index contributed by atoms with van der Waals surface area (Å²) in [4.78, 5) is 1.35. The van der Waals surface area contributed by atoms with Gasteiger partial charge in [-0.2, -0.15) is 0 Å². The second-order valence-electron chi connectivity index (χ2n) is 3.57. The Bertz CT molecular complexity index is 424. The van der Waals surface area contributed by atoms with Crippen molar-refractivity contribution in [2.45, 2.75) is 32.9 Å². The summed E-state index contributed by atoms with van der Waals surface area (Å²) >= 11 is 1.77. The number of aromatic nitrogens is 2. The van der Waals surface area contributed by atoms with E-state index in [0.717, 1.165) is 6.42 Å². The molecule has 0 aliphatic carbocycles. The maximum Gasteiger partial charge on any atom is 0.230 e. The van der Waals surface area contributed by atoms with Crippen molar-refractivity contribution in [2.24, 2.45) is 0 Å². The first-order valence-electron chi connectivity index (χ1n) is 5.35. The maximum atomic E-state index is 5.31. The highest BCUT2D eigenvalue weighted by molar-refractivity contribution is 7.10. The minimum Gasteiger partial charge on any atom is -0.424 e. The van der Waals surface area contributed by atoms with Crippen LogP contribution in [0.2, 0.25) is 0 Å². The van der Waals surface area contributed by atoms with Crippen molar-refractivity contribution in [3.8, 4) is 0 Å². The maximum absolute atomic E-state index is 5.31. The molecule has 5 heteroatoms. The van der Waals surface area contributed by atoms with E-state index in [1.165, 1.54) is 4.88 Å². The summed E-state index contributed by atoms with van der Waals surface area (Å²) in [5.41, 5.74) is 0. The monoisotopic (exact) mass is 237 g/mol. The van der Waals surface area contributed by atoms with Crippen molar-refractivity contribution >= 4 is 11.3 Å². The van der Waals surface area contributed by atoms with Crippen LogP contribution in [0.25, 0.3) is 0 Å². The fraction of sp³-hybridized carbons (Fsp3) is 0.455. The highest BCUT2D eigenvalue weighted by Gasteiger charge is 2.11. The van der Waals surface area contributed by atoms with Gasteiger partial charge in [0.25, 0.3) is 0 Å². The van der Waals surface area contributed by atoms with Gasteiger partial charge in [-0.05, 0) is 17.9 Å². The largest absolute Gasteiger partial charge is 0.424 e. The van der Waals surface area contributed by atoms with Crippen LogP contribution in [0.3, 0.4) is 0 Å². The molecule has 0 aliphatic rings. The number of aryl methyl sites for hydroxylation is 1. The molecule has 0 amide bonds.